The van der Waals surface area contributed by atoms with Gasteiger partial charge in [0.2, 0.25) is 0 Å². The van der Waals surface area contributed by atoms with Crippen LogP contribution in [0.25, 0.3) is 0 Å². The highest BCUT2D eigenvalue weighted by atomic mass is 79.9. The molecule has 0 spiro atoms. The van der Waals surface area contributed by atoms with Crippen LogP contribution in [0.3, 0.4) is 0 Å². The second-order valence-electron chi connectivity index (χ2n) is 5.00. The van der Waals surface area contributed by atoms with E-state index < -0.39 is 5.97 Å². The number of halogens is 1. The Balaban J connectivity index is 1.85. The molecule has 0 aromatic heterocycles. The quantitative estimate of drug-likeness (QED) is 0.790. The zero-order chi connectivity index (χ0) is 14.5. The van der Waals surface area contributed by atoms with Crippen molar-refractivity contribution in [3.63, 3.8) is 0 Å². The van der Waals surface area contributed by atoms with Gasteiger partial charge in [0.1, 0.15) is 0 Å². The first-order valence-electron chi connectivity index (χ1n) is 6.60. The van der Waals surface area contributed by atoms with E-state index in [9.17, 15) is 9.59 Å². The van der Waals surface area contributed by atoms with Gasteiger partial charge in [-0.2, -0.15) is 0 Å². The van der Waals surface area contributed by atoms with Crippen LogP contribution in [0.2, 0.25) is 0 Å². The fourth-order valence-electron chi connectivity index (χ4n) is 2.43. The Hall–Kier alpha value is -1.56. The molecule has 2 unspecified atom stereocenters. The molecular weight excluding hydrogens is 324 g/mol. The molecule has 1 fully saturated rings. The van der Waals surface area contributed by atoms with Crippen molar-refractivity contribution in [2.75, 3.05) is 5.32 Å². The van der Waals surface area contributed by atoms with Gasteiger partial charge in [-0.05, 0) is 43.5 Å². The predicted octanol–water partition coefficient (Wildman–Crippen LogP) is 3.21. The Bertz CT molecular complexity index is 490. The summed E-state index contributed by atoms with van der Waals surface area (Å²) >= 11 is 3.33. The maximum Gasteiger partial charge on any atom is 0.319 e. The fourth-order valence-corrected chi connectivity index (χ4v) is 2.70. The lowest BCUT2D eigenvalue weighted by Crippen LogP contribution is -2.42. The molecule has 108 valence electrons. The molecular formula is C14H17BrN2O3. The van der Waals surface area contributed by atoms with E-state index in [2.05, 4.69) is 26.6 Å². The van der Waals surface area contributed by atoms with Crippen molar-refractivity contribution in [2.45, 2.75) is 31.7 Å². The van der Waals surface area contributed by atoms with Gasteiger partial charge in [0.15, 0.2) is 0 Å². The van der Waals surface area contributed by atoms with E-state index in [0.29, 0.717) is 18.5 Å². The molecule has 6 heteroatoms. The molecule has 2 rings (SSSR count). The summed E-state index contributed by atoms with van der Waals surface area (Å²) in [5.41, 5.74) is 0.705. The summed E-state index contributed by atoms with van der Waals surface area (Å²) in [4.78, 5) is 22.8. The van der Waals surface area contributed by atoms with Gasteiger partial charge in [0.25, 0.3) is 0 Å². The van der Waals surface area contributed by atoms with Crippen molar-refractivity contribution in [3.8, 4) is 0 Å². The van der Waals surface area contributed by atoms with Crippen molar-refractivity contribution in [1.29, 1.82) is 0 Å². The molecule has 3 N–H and O–H groups in total. The van der Waals surface area contributed by atoms with Crippen LogP contribution in [0.15, 0.2) is 28.7 Å². The van der Waals surface area contributed by atoms with Gasteiger partial charge in [0.05, 0.1) is 5.92 Å². The minimum Gasteiger partial charge on any atom is -0.481 e. The van der Waals surface area contributed by atoms with E-state index in [1.54, 1.807) is 12.1 Å². The van der Waals surface area contributed by atoms with Gasteiger partial charge in [-0.3, -0.25) is 4.79 Å². The van der Waals surface area contributed by atoms with Crippen LogP contribution >= 0.6 is 15.9 Å². The van der Waals surface area contributed by atoms with Crippen LogP contribution in [0, 0.1) is 5.92 Å². The van der Waals surface area contributed by atoms with Gasteiger partial charge in [-0.15, -0.1) is 0 Å². The molecule has 0 radical (unpaired) electrons. The largest absolute Gasteiger partial charge is 0.481 e. The van der Waals surface area contributed by atoms with Crippen molar-refractivity contribution in [3.05, 3.63) is 28.7 Å². The summed E-state index contributed by atoms with van der Waals surface area (Å²) < 4.78 is 0.944. The lowest BCUT2D eigenvalue weighted by Gasteiger charge is -2.27. The Morgan fingerprint density at radius 3 is 2.55 bits per heavy atom. The highest BCUT2D eigenvalue weighted by Gasteiger charge is 2.27. The molecule has 1 aliphatic rings. The Kier molecular flexibility index (Phi) is 5.00. The predicted molar refractivity (Wildman–Crippen MR) is 79.7 cm³/mol. The molecule has 20 heavy (non-hydrogen) atoms. The second-order valence-corrected chi connectivity index (χ2v) is 5.92. The lowest BCUT2D eigenvalue weighted by molar-refractivity contribution is -0.143. The molecule has 2 atom stereocenters. The molecule has 0 saturated heterocycles. The fraction of sp³-hybridized carbons (Fsp3) is 0.429. The summed E-state index contributed by atoms with van der Waals surface area (Å²) in [5, 5.41) is 14.6. The minimum atomic E-state index is -0.773. The van der Waals surface area contributed by atoms with E-state index in [0.717, 1.165) is 17.3 Å². The number of carboxylic acid groups (broad SMARTS) is 1. The van der Waals surface area contributed by atoms with Crippen molar-refractivity contribution >= 4 is 33.6 Å². The minimum absolute atomic E-state index is 0.0692. The summed E-state index contributed by atoms with van der Waals surface area (Å²) in [5.74, 6) is -1.12. The average Bonchev–Trinajstić information content (AvgIpc) is 2.41. The third kappa shape index (κ3) is 4.23. The maximum atomic E-state index is 11.9. The Morgan fingerprint density at radius 2 is 1.90 bits per heavy atom. The summed E-state index contributed by atoms with van der Waals surface area (Å²) in [7, 11) is 0. The lowest BCUT2D eigenvalue weighted by atomic mass is 9.86. The average molecular weight is 341 g/mol. The van der Waals surface area contributed by atoms with Crippen LogP contribution in [-0.4, -0.2) is 23.1 Å². The molecule has 0 bridgehead atoms. The Morgan fingerprint density at radius 1 is 1.20 bits per heavy atom. The van der Waals surface area contributed by atoms with Crippen LogP contribution in [-0.2, 0) is 4.79 Å². The number of hydrogen-bond donors (Lipinski definition) is 3. The highest BCUT2D eigenvalue weighted by Crippen LogP contribution is 2.24. The SMILES string of the molecule is O=C(Nc1ccc(Br)cc1)NC1CCCC(C(=O)O)C1. The third-order valence-electron chi connectivity index (χ3n) is 3.46. The number of aliphatic carboxylic acids is 1. The zero-order valence-corrected chi connectivity index (χ0v) is 12.5. The van der Waals surface area contributed by atoms with Crippen LogP contribution < -0.4 is 10.6 Å². The first-order valence-corrected chi connectivity index (χ1v) is 7.40. The standard InChI is InChI=1S/C14H17BrN2O3/c15-10-4-6-11(7-5-10)16-14(20)17-12-3-1-2-9(8-12)13(18)19/h4-7,9,12H,1-3,8H2,(H,18,19)(H2,16,17,20). The number of carbonyl (C=O) groups excluding carboxylic acids is 1. The van der Waals surface area contributed by atoms with Gasteiger partial charge in [-0.25, -0.2) is 4.79 Å². The number of hydrogen-bond acceptors (Lipinski definition) is 2. The zero-order valence-electron chi connectivity index (χ0n) is 10.9. The topological polar surface area (TPSA) is 78.4 Å². The van der Waals surface area contributed by atoms with E-state index in [-0.39, 0.29) is 18.0 Å². The van der Waals surface area contributed by atoms with Gasteiger partial charge in [-0.1, -0.05) is 22.4 Å². The van der Waals surface area contributed by atoms with Crippen molar-refractivity contribution < 1.29 is 14.7 Å². The number of carboxylic acids is 1. The van der Waals surface area contributed by atoms with Gasteiger partial charge in [0, 0.05) is 16.2 Å². The first-order chi connectivity index (χ1) is 9.54. The van der Waals surface area contributed by atoms with Crippen LogP contribution in [0.4, 0.5) is 10.5 Å². The van der Waals surface area contributed by atoms with Crippen LogP contribution in [0.1, 0.15) is 25.7 Å². The number of anilines is 1. The highest BCUT2D eigenvalue weighted by molar-refractivity contribution is 9.10. The van der Waals surface area contributed by atoms with Gasteiger partial charge < -0.3 is 15.7 Å². The number of benzene rings is 1. The number of amides is 2. The van der Waals surface area contributed by atoms with Crippen molar-refractivity contribution in [1.82, 2.24) is 5.32 Å². The molecule has 0 heterocycles. The van der Waals surface area contributed by atoms with Gasteiger partial charge >= 0.3 is 12.0 Å². The van der Waals surface area contributed by atoms with E-state index in [4.69, 9.17) is 5.11 Å². The normalized spacial score (nSPS) is 22.1. The van der Waals surface area contributed by atoms with E-state index in [1.165, 1.54) is 0 Å². The molecule has 2 amide bonds. The monoisotopic (exact) mass is 340 g/mol. The summed E-state index contributed by atoms with van der Waals surface area (Å²) in [6.45, 7) is 0. The number of urea groups is 1. The van der Waals surface area contributed by atoms with E-state index in [1.807, 2.05) is 12.1 Å². The third-order valence-corrected chi connectivity index (χ3v) is 3.99. The molecule has 0 aliphatic heterocycles. The molecule has 1 aliphatic carbocycles. The smallest absolute Gasteiger partial charge is 0.319 e. The number of rotatable bonds is 3. The second kappa shape index (κ2) is 6.74. The number of nitrogens with one attached hydrogen (secondary N) is 2. The number of carbonyl (C=O) groups is 2. The molecule has 1 aromatic carbocycles. The van der Waals surface area contributed by atoms with E-state index >= 15 is 0 Å². The maximum absolute atomic E-state index is 11.9. The van der Waals surface area contributed by atoms with Crippen molar-refractivity contribution in [2.24, 2.45) is 5.92 Å². The van der Waals surface area contributed by atoms with Crippen LogP contribution in [0.5, 0.6) is 0 Å². The molecule has 1 saturated carbocycles. The first kappa shape index (κ1) is 14.8. The summed E-state index contributed by atoms with van der Waals surface area (Å²) in [6.07, 6.45) is 2.86. The Labute approximate surface area is 125 Å². The molecule has 1 aromatic rings. The summed E-state index contributed by atoms with van der Waals surface area (Å²) in [6, 6.07) is 6.92. The molecule has 5 nitrogen and oxygen atoms in total.